The van der Waals surface area contributed by atoms with E-state index in [4.69, 9.17) is 4.42 Å². The summed E-state index contributed by atoms with van der Waals surface area (Å²) in [4.78, 5) is 0. The number of furan rings is 1. The van der Waals surface area contributed by atoms with E-state index in [-0.39, 0.29) is 28.4 Å². The molecule has 1 aliphatic rings. The lowest BCUT2D eigenvalue weighted by atomic mass is 9.41. The van der Waals surface area contributed by atoms with E-state index < -0.39 is 0 Å². The molecule has 3 rings (SSSR count). The van der Waals surface area contributed by atoms with Crippen LogP contribution >= 0.6 is 0 Å². The molecule has 0 saturated carbocycles. The first-order chi connectivity index (χ1) is 30.0. The third-order valence-electron chi connectivity index (χ3n) is 13.8. The quantitative estimate of drug-likeness (QED) is 0.0970. The minimum Gasteiger partial charge on any atom is -0.470 e. The molecule has 0 amide bonds. The van der Waals surface area contributed by atoms with E-state index >= 15 is 0 Å². The van der Waals surface area contributed by atoms with Crippen LogP contribution in [0, 0.1) is 16.7 Å². The van der Waals surface area contributed by atoms with Crippen molar-refractivity contribution < 1.29 is 4.42 Å². The Morgan fingerprint density at radius 1 is 0.906 bits per heavy atom. The van der Waals surface area contributed by atoms with Crippen molar-refractivity contribution in [1.29, 1.82) is 0 Å². The van der Waals surface area contributed by atoms with E-state index in [1.54, 1.807) is 0 Å². The number of hydrogen-bond acceptors (Lipinski definition) is 3. The van der Waals surface area contributed by atoms with Crippen LogP contribution < -0.4 is 16.3 Å². The Morgan fingerprint density at radius 3 is 2.12 bits per heavy atom. The molecule has 1 aromatic carbocycles. The van der Waals surface area contributed by atoms with E-state index in [1.165, 1.54) is 39.0 Å². The largest absolute Gasteiger partial charge is 0.470 e. The predicted molar refractivity (Wildman–Crippen MR) is 288 cm³/mol. The zero-order valence-corrected chi connectivity index (χ0v) is 43.5. The maximum atomic E-state index is 7.06. The highest BCUT2D eigenvalue weighted by Gasteiger charge is 2.38. The lowest BCUT2D eigenvalue weighted by Gasteiger charge is -2.41. The van der Waals surface area contributed by atoms with Gasteiger partial charge in [0.1, 0.15) is 5.58 Å². The van der Waals surface area contributed by atoms with Gasteiger partial charge in [-0.1, -0.05) is 176 Å². The van der Waals surface area contributed by atoms with Gasteiger partial charge in [-0.3, -0.25) is 0 Å². The zero-order chi connectivity index (χ0) is 48.0. The van der Waals surface area contributed by atoms with E-state index in [0.717, 1.165) is 59.1 Å². The molecule has 1 aliphatic carbocycles. The van der Waals surface area contributed by atoms with E-state index in [1.807, 2.05) is 18.2 Å². The molecule has 0 spiro atoms. The standard InChI is InChI=1S/C60H87BN2O/c1-20-25-27-28-34-61(56-39-49-38-51-52(40-55(49)64-56)60(18,19)33-32-59(51,16)17)53(42-62-41-50(44(8)30-26-21-2)37-48(23-4)43(6)7)54(36-45(9)57(11,12)13)63-35-29-31-47(22-3)46(10)58(14,15)24-5/h20-21,23,25-31,34,36-40,42-43,62-63H,1,9,22,24,32-33,35,41H2,2-8,10-19H3/b26-21-,27-25-,31-29-,34-28+,44-30+,47-46+,48-23+,50-37+,53-42-,54-36+. The van der Waals surface area contributed by atoms with Crippen molar-refractivity contribution in [3.63, 3.8) is 0 Å². The van der Waals surface area contributed by atoms with Gasteiger partial charge in [0.2, 0.25) is 0 Å². The van der Waals surface area contributed by atoms with Gasteiger partial charge in [-0.25, -0.2) is 0 Å². The maximum absolute atomic E-state index is 7.06. The van der Waals surface area contributed by atoms with Gasteiger partial charge in [0.05, 0.1) is 5.66 Å². The second kappa shape index (κ2) is 23.5. The van der Waals surface area contributed by atoms with Gasteiger partial charge in [0.15, 0.2) is 0 Å². The number of benzene rings is 1. The Labute approximate surface area is 393 Å². The Hall–Kier alpha value is -4.70. The Bertz CT molecular complexity index is 2200. The monoisotopic (exact) mass is 863 g/mol. The number of rotatable bonds is 21. The van der Waals surface area contributed by atoms with Gasteiger partial charge in [-0.2, -0.15) is 0 Å². The summed E-state index contributed by atoms with van der Waals surface area (Å²) in [5, 5.41) is 8.90. The first-order valence-electron chi connectivity index (χ1n) is 24.1. The van der Waals surface area contributed by atoms with Crippen molar-refractivity contribution in [2.75, 3.05) is 13.1 Å². The Kier molecular flexibility index (Phi) is 19.7. The number of hydrogen-bond donors (Lipinski definition) is 2. The molecule has 1 aromatic heterocycles. The maximum Gasteiger partial charge on any atom is 0.284 e. The second-order valence-electron chi connectivity index (χ2n) is 21.2. The molecule has 0 unspecified atom stereocenters. The lowest BCUT2D eigenvalue weighted by Crippen LogP contribution is -2.35. The predicted octanol–water partition coefficient (Wildman–Crippen LogP) is 16.2. The number of allylic oxidation sites excluding steroid dienone is 16. The number of nitrogens with one attached hydrogen (secondary N) is 2. The van der Waals surface area contributed by atoms with Crippen LogP contribution in [0.3, 0.4) is 0 Å². The molecule has 0 atom stereocenters. The topological polar surface area (TPSA) is 37.2 Å². The first-order valence-corrected chi connectivity index (χ1v) is 24.1. The highest BCUT2D eigenvalue weighted by Crippen LogP contribution is 2.47. The first kappa shape index (κ1) is 53.6. The summed E-state index contributed by atoms with van der Waals surface area (Å²) in [5.74, 6) is 2.66. The van der Waals surface area contributed by atoms with Crippen LogP contribution in [0.2, 0.25) is 0 Å². The van der Waals surface area contributed by atoms with Crippen LogP contribution in [-0.4, -0.2) is 19.8 Å². The molecule has 2 N–H and O–H groups in total. The van der Waals surface area contributed by atoms with E-state index in [9.17, 15) is 0 Å². The van der Waals surface area contributed by atoms with Crippen molar-refractivity contribution in [2.45, 2.75) is 154 Å². The summed E-state index contributed by atoms with van der Waals surface area (Å²) >= 11 is 0. The van der Waals surface area contributed by atoms with Crippen LogP contribution in [0.1, 0.15) is 155 Å². The molecule has 346 valence electrons. The van der Waals surface area contributed by atoms with Gasteiger partial charge >= 0.3 is 0 Å². The van der Waals surface area contributed by atoms with Gasteiger partial charge in [-0.05, 0) is 156 Å². The van der Waals surface area contributed by atoms with Crippen LogP contribution in [0.5, 0.6) is 0 Å². The number of fused-ring (bicyclic) bond motifs is 2. The molecule has 0 bridgehead atoms. The molecular formula is C60H87BN2O. The van der Waals surface area contributed by atoms with Gasteiger partial charge in [0.25, 0.3) is 6.71 Å². The fraction of sp³-hybridized carbons (Fsp3) is 0.467. The van der Waals surface area contributed by atoms with Crippen molar-refractivity contribution >= 4 is 23.3 Å². The van der Waals surface area contributed by atoms with Crippen LogP contribution in [0.25, 0.3) is 11.0 Å². The average Bonchev–Trinajstić information content (AvgIpc) is 3.66. The highest BCUT2D eigenvalue weighted by atomic mass is 16.3. The van der Waals surface area contributed by atoms with E-state index in [0.29, 0.717) is 19.0 Å². The minimum atomic E-state index is -0.254. The molecular weight excluding hydrogens is 775 g/mol. The summed E-state index contributed by atoms with van der Waals surface area (Å²) in [6.45, 7) is 48.3. The van der Waals surface area contributed by atoms with Crippen LogP contribution in [0.15, 0.2) is 165 Å². The SMILES string of the molecule is C=C/C=C\C=C\B(C(=C\NCC(=C\C(=C/C)C(C)C)/C(C)=C/C=C\C)/C(=C\C(=C)C(C)(C)C)NC/C=C\C(CC)=C(/C)C(C)(C)CC)c1cc2cc3c(cc2o1)C(C)(C)CCC3(C)C. The van der Waals surface area contributed by atoms with Crippen molar-refractivity contribution in [3.8, 4) is 0 Å². The highest BCUT2D eigenvalue weighted by molar-refractivity contribution is 6.84. The Morgan fingerprint density at radius 2 is 1.56 bits per heavy atom. The molecule has 4 heteroatoms. The lowest BCUT2D eigenvalue weighted by molar-refractivity contribution is 0.332. The van der Waals surface area contributed by atoms with Crippen LogP contribution in [-0.2, 0) is 10.8 Å². The molecule has 0 aliphatic heterocycles. The summed E-state index contributed by atoms with van der Waals surface area (Å²) in [7, 11) is 0. The van der Waals surface area contributed by atoms with Crippen LogP contribution in [0.4, 0.5) is 0 Å². The summed E-state index contributed by atoms with van der Waals surface area (Å²) in [6, 6.07) is 7.02. The van der Waals surface area contributed by atoms with Crippen molar-refractivity contribution in [2.24, 2.45) is 16.7 Å². The molecule has 3 nitrogen and oxygen atoms in total. The molecule has 0 saturated heterocycles. The van der Waals surface area contributed by atoms with Gasteiger partial charge in [0, 0.05) is 24.2 Å². The Balaban J connectivity index is 2.42. The fourth-order valence-electron chi connectivity index (χ4n) is 8.19. The fourth-order valence-corrected chi connectivity index (χ4v) is 8.19. The third kappa shape index (κ3) is 14.4. The molecule has 0 radical (unpaired) electrons. The van der Waals surface area contributed by atoms with Gasteiger partial charge < -0.3 is 15.1 Å². The zero-order valence-electron chi connectivity index (χ0n) is 43.5. The summed E-state index contributed by atoms with van der Waals surface area (Å²) in [6.07, 6.45) is 32.4. The van der Waals surface area contributed by atoms with E-state index in [2.05, 4.69) is 227 Å². The molecule has 1 heterocycles. The summed E-state index contributed by atoms with van der Waals surface area (Å²) < 4.78 is 7.06. The third-order valence-corrected chi connectivity index (χ3v) is 13.8. The van der Waals surface area contributed by atoms with Crippen molar-refractivity contribution in [1.82, 2.24) is 10.6 Å². The van der Waals surface area contributed by atoms with Crippen molar-refractivity contribution in [3.05, 3.63) is 172 Å². The minimum absolute atomic E-state index is 0.0706. The molecule has 64 heavy (non-hydrogen) atoms. The van der Waals surface area contributed by atoms with Gasteiger partial charge in [-0.15, -0.1) is 5.98 Å². The average molecular weight is 863 g/mol. The molecule has 0 fully saturated rings. The summed E-state index contributed by atoms with van der Waals surface area (Å²) in [5.41, 5.74) is 14.5. The second-order valence-corrected chi connectivity index (χ2v) is 21.2. The normalized spacial score (nSPS) is 17.3. The molecule has 2 aromatic rings. The smallest absolute Gasteiger partial charge is 0.284 e.